The quantitative estimate of drug-likeness (QED) is 0.305. The fourth-order valence-electron chi connectivity index (χ4n) is 5.50. The van der Waals surface area contributed by atoms with Crippen LogP contribution in [0.25, 0.3) is 0 Å². The minimum Gasteiger partial charge on any atom is -0.495 e. The lowest BCUT2D eigenvalue weighted by Crippen LogP contribution is -2.47. The molecular formula is C33H41N5O4. The number of para-hydroxylation sites is 2. The number of piperazine rings is 1. The van der Waals surface area contributed by atoms with Crippen LogP contribution in [-0.2, 0) is 4.74 Å². The van der Waals surface area contributed by atoms with E-state index in [4.69, 9.17) is 9.47 Å². The van der Waals surface area contributed by atoms with Crippen molar-refractivity contribution >= 4 is 34.7 Å². The maximum Gasteiger partial charge on any atom is 0.323 e. The van der Waals surface area contributed by atoms with Gasteiger partial charge < -0.3 is 35.2 Å². The Morgan fingerprint density at radius 2 is 1.57 bits per heavy atom. The number of hydrogen-bond acceptors (Lipinski definition) is 6. The molecule has 0 bridgehead atoms. The van der Waals surface area contributed by atoms with Crippen LogP contribution >= 0.6 is 0 Å². The van der Waals surface area contributed by atoms with Crippen LogP contribution in [0.15, 0.2) is 66.7 Å². The average molecular weight is 572 g/mol. The molecule has 1 atom stereocenters. The summed E-state index contributed by atoms with van der Waals surface area (Å²) in [6.07, 6.45) is 1.99. The van der Waals surface area contributed by atoms with E-state index in [1.165, 1.54) is 5.56 Å². The van der Waals surface area contributed by atoms with Crippen molar-refractivity contribution in [2.24, 2.45) is 0 Å². The third-order valence-corrected chi connectivity index (χ3v) is 7.89. The molecule has 1 unspecified atom stereocenters. The Kier molecular flexibility index (Phi) is 9.48. The summed E-state index contributed by atoms with van der Waals surface area (Å²) in [6.45, 7) is 8.51. The number of hydrogen-bond donors (Lipinski definition) is 3. The number of carbonyl (C=O) groups excluding carboxylic acids is 2. The van der Waals surface area contributed by atoms with Gasteiger partial charge in [-0.1, -0.05) is 38.1 Å². The molecule has 222 valence electrons. The number of urea groups is 1. The molecule has 0 saturated carbocycles. The number of amides is 3. The largest absolute Gasteiger partial charge is 0.495 e. The Morgan fingerprint density at radius 1 is 0.905 bits per heavy atom. The van der Waals surface area contributed by atoms with Gasteiger partial charge in [-0.05, 0) is 66.8 Å². The first-order valence-corrected chi connectivity index (χ1v) is 14.8. The van der Waals surface area contributed by atoms with Gasteiger partial charge in [0.1, 0.15) is 5.75 Å². The third kappa shape index (κ3) is 7.15. The van der Waals surface area contributed by atoms with Gasteiger partial charge in [0.2, 0.25) is 0 Å². The maximum absolute atomic E-state index is 13.5. The summed E-state index contributed by atoms with van der Waals surface area (Å²) < 4.78 is 11.3. The minimum atomic E-state index is -0.365. The van der Waals surface area contributed by atoms with Gasteiger partial charge in [0, 0.05) is 56.4 Å². The summed E-state index contributed by atoms with van der Waals surface area (Å²) >= 11 is 0. The van der Waals surface area contributed by atoms with Gasteiger partial charge in [-0.25, -0.2) is 4.79 Å². The van der Waals surface area contributed by atoms with Crippen molar-refractivity contribution in [1.82, 2.24) is 5.32 Å². The van der Waals surface area contributed by atoms with E-state index in [0.29, 0.717) is 29.4 Å². The second-order valence-electron chi connectivity index (χ2n) is 11.1. The van der Waals surface area contributed by atoms with E-state index in [0.717, 1.165) is 62.8 Å². The minimum absolute atomic E-state index is 0.0379. The Labute approximate surface area is 248 Å². The van der Waals surface area contributed by atoms with E-state index >= 15 is 0 Å². The molecule has 0 aromatic heterocycles. The molecule has 0 radical (unpaired) electrons. The lowest BCUT2D eigenvalue weighted by atomic mass is 10.0. The first-order chi connectivity index (χ1) is 20.4. The number of methoxy groups -OCH3 is 1. The molecule has 2 aliphatic rings. The fraction of sp³-hybridized carbons (Fsp3) is 0.394. The SMILES string of the molecule is COc1ccccc1N1CCN(c2ccc(NC(=O)Nc3ccc(C(C)C)cc3)cc2C(=O)NCC2CCCO2)CC1. The van der Waals surface area contributed by atoms with Gasteiger partial charge in [-0.15, -0.1) is 0 Å². The first-order valence-electron chi connectivity index (χ1n) is 14.8. The van der Waals surface area contributed by atoms with Gasteiger partial charge in [0.05, 0.1) is 24.5 Å². The standard InChI is InChI=1S/C33H41N5O4/c1-23(2)24-10-12-25(13-11-24)35-33(40)36-26-14-15-29(28(21-26)32(39)34-22-27-7-6-20-42-27)37-16-18-38(19-17-37)30-8-4-5-9-31(30)41-3/h4-5,8-15,21,23,27H,6-7,16-20,22H2,1-3H3,(H,34,39)(H2,35,36,40). The van der Waals surface area contributed by atoms with Gasteiger partial charge in [-0.3, -0.25) is 4.79 Å². The summed E-state index contributed by atoms with van der Waals surface area (Å²) in [5.41, 5.74) is 4.89. The van der Waals surface area contributed by atoms with Gasteiger partial charge in [-0.2, -0.15) is 0 Å². The van der Waals surface area contributed by atoms with Crippen LogP contribution in [0.2, 0.25) is 0 Å². The highest BCUT2D eigenvalue weighted by molar-refractivity contribution is 6.04. The number of nitrogens with one attached hydrogen (secondary N) is 3. The number of ether oxygens (including phenoxy) is 2. The summed E-state index contributed by atoms with van der Waals surface area (Å²) in [5, 5.41) is 8.84. The fourth-order valence-corrected chi connectivity index (χ4v) is 5.50. The molecule has 2 aliphatic heterocycles. The highest BCUT2D eigenvalue weighted by Gasteiger charge is 2.25. The van der Waals surface area contributed by atoms with Crippen LogP contribution in [-0.4, -0.2) is 64.5 Å². The molecule has 0 spiro atoms. The summed E-state index contributed by atoms with van der Waals surface area (Å²) in [4.78, 5) is 30.9. The predicted octanol–water partition coefficient (Wildman–Crippen LogP) is 5.70. The first kappa shape index (κ1) is 29.3. The Morgan fingerprint density at radius 3 is 2.24 bits per heavy atom. The highest BCUT2D eigenvalue weighted by atomic mass is 16.5. The van der Waals surface area contributed by atoms with Crippen molar-refractivity contribution in [1.29, 1.82) is 0 Å². The predicted molar refractivity (Wildman–Crippen MR) is 168 cm³/mol. The summed E-state index contributed by atoms with van der Waals surface area (Å²) in [7, 11) is 1.69. The smallest absolute Gasteiger partial charge is 0.323 e. The number of benzene rings is 3. The van der Waals surface area contributed by atoms with Crippen LogP contribution in [0.4, 0.5) is 27.5 Å². The molecule has 5 rings (SSSR count). The van der Waals surface area contributed by atoms with Gasteiger partial charge in [0.25, 0.3) is 5.91 Å². The highest BCUT2D eigenvalue weighted by Crippen LogP contribution is 2.31. The molecule has 3 aromatic carbocycles. The Balaban J connectivity index is 1.30. The topological polar surface area (TPSA) is 95.2 Å². The number of rotatable bonds is 9. The Hall–Kier alpha value is -4.24. The molecule has 3 aromatic rings. The molecule has 3 N–H and O–H groups in total. The zero-order valence-electron chi connectivity index (χ0n) is 24.7. The second-order valence-corrected chi connectivity index (χ2v) is 11.1. The normalized spacial score (nSPS) is 16.8. The van der Waals surface area contributed by atoms with Crippen molar-refractivity contribution in [2.45, 2.75) is 38.7 Å². The summed E-state index contributed by atoms with van der Waals surface area (Å²) in [6, 6.07) is 21.0. The molecule has 0 aliphatic carbocycles. The molecule has 2 heterocycles. The number of anilines is 4. The van der Waals surface area contributed by atoms with E-state index in [2.05, 4.69) is 45.7 Å². The third-order valence-electron chi connectivity index (χ3n) is 7.89. The van der Waals surface area contributed by atoms with E-state index in [-0.39, 0.29) is 18.0 Å². The number of carbonyl (C=O) groups is 2. The average Bonchev–Trinajstić information content (AvgIpc) is 3.54. The lowest BCUT2D eigenvalue weighted by molar-refractivity contribution is 0.0858. The molecule has 3 amide bonds. The summed E-state index contributed by atoms with van der Waals surface area (Å²) in [5.74, 6) is 1.09. The van der Waals surface area contributed by atoms with E-state index in [9.17, 15) is 9.59 Å². The zero-order chi connectivity index (χ0) is 29.5. The van der Waals surface area contributed by atoms with E-state index < -0.39 is 0 Å². The van der Waals surface area contributed by atoms with Gasteiger partial charge >= 0.3 is 6.03 Å². The van der Waals surface area contributed by atoms with Crippen LogP contribution in [0.3, 0.4) is 0 Å². The van der Waals surface area contributed by atoms with Crippen molar-refractivity contribution in [2.75, 3.05) is 66.9 Å². The van der Waals surface area contributed by atoms with Crippen LogP contribution in [0.5, 0.6) is 5.75 Å². The van der Waals surface area contributed by atoms with Crippen LogP contribution in [0, 0.1) is 0 Å². The zero-order valence-corrected chi connectivity index (χ0v) is 24.7. The van der Waals surface area contributed by atoms with Gasteiger partial charge in [0.15, 0.2) is 0 Å². The Bertz CT molecular complexity index is 1360. The van der Waals surface area contributed by atoms with Crippen molar-refractivity contribution in [3.05, 3.63) is 77.9 Å². The molecule has 42 heavy (non-hydrogen) atoms. The lowest BCUT2D eigenvalue weighted by Gasteiger charge is -2.38. The molecule has 9 nitrogen and oxygen atoms in total. The molecule has 9 heteroatoms. The number of nitrogens with zero attached hydrogens (tertiary/aromatic N) is 2. The van der Waals surface area contributed by atoms with E-state index in [1.54, 1.807) is 13.2 Å². The molecule has 2 fully saturated rings. The van der Waals surface area contributed by atoms with Crippen molar-refractivity contribution < 1.29 is 19.1 Å². The monoisotopic (exact) mass is 571 g/mol. The second kappa shape index (κ2) is 13.6. The molecular weight excluding hydrogens is 530 g/mol. The molecule has 2 saturated heterocycles. The van der Waals surface area contributed by atoms with Crippen molar-refractivity contribution in [3.8, 4) is 5.75 Å². The van der Waals surface area contributed by atoms with Crippen LogP contribution in [0.1, 0.15) is 48.5 Å². The van der Waals surface area contributed by atoms with E-state index in [1.807, 2.05) is 54.6 Å². The van der Waals surface area contributed by atoms with Crippen molar-refractivity contribution in [3.63, 3.8) is 0 Å². The van der Waals surface area contributed by atoms with Crippen LogP contribution < -0.4 is 30.5 Å². The maximum atomic E-state index is 13.5.